The Morgan fingerprint density at radius 2 is 1.26 bits per heavy atom. The molecule has 0 atom stereocenters. The molecule has 0 saturated carbocycles. The molecule has 0 aliphatic carbocycles. The first-order valence-corrected chi connectivity index (χ1v) is 6.96. The molecule has 0 aromatic rings. The van der Waals surface area contributed by atoms with Crippen LogP contribution in [0.5, 0.6) is 0 Å². The second-order valence-corrected chi connectivity index (χ2v) is 5.41. The third-order valence-electron chi connectivity index (χ3n) is 3.95. The third-order valence-corrected chi connectivity index (χ3v) is 3.95. The van der Waals surface area contributed by atoms with E-state index in [1.54, 1.807) is 6.92 Å². The quantitative estimate of drug-likeness (QED) is 0.502. The molecule has 0 fully saturated rings. The first kappa shape index (κ1) is 17.7. The van der Waals surface area contributed by atoms with Crippen LogP contribution in [0.1, 0.15) is 67.2 Å². The summed E-state index contributed by atoms with van der Waals surface area (Å²) >= 11 is 0. The van der Waals surface area contributed by atoms with Gasteiger partial charge in [-0.1, -0.05) is 28.4 Å². The lowest BCUT2D eigenvalue weighted by molar-refractivity contribution is -0.132. The Kier molecular flexibility index (Phi) is 8.13. The van der Waals surface area contributed by atoms with Crippen LogP contribution in [0.15, 0.2) is 33.9 Å². The van der Waals surface area contributed by atoms with Gasteiger partial charge >= 0.3 is 5.97 Å². The van der Waals surface area contributed by atoms with Crippen molar-refractivity contribution < 1.29 is 9.90 Å². The summed E-state index contributed by atoms with van der Waals surface area (Å²) in [5.41, 5.74) is 5.70. The van der Waals surface area contributed by atoms with Gasteiger partial charge in [0.1, 0.15) is 0 Å². The van der Waals surface area contributed by atoms with Gasteiger partial charge in [0.15, 0.2) is 0 Å². The van der Waals surface area contributed by atoms with Crippen LogP contribution in [-0.2, 0) is 4.79 Å². The van der Waals surface area contributed by atoms with Crippen molar-refractivity contribution in [3.8, 4) is 0 Å². The zero-order chi connectivity index (χ0) is 15.0. The van der Waals surface area contributed by atoms with Gasteiger partial charge in [-0.05, 0) is 67.2 Å². The fourth-order valence-corrected chi connectivity index (χ4v) is 1.70. The summed E-state index contributed by atoms with van der Waals surface area (Å²) in [6.07, 6.45) is 6.16. The highest BCUT2D eigenvalue weighted by molar-refractivity contribution is 5.86. The van der Waals surface area contributed by atoms with Gasteiger partial charge in [-0.3, -0.25) is 0 Å². The SMILES string of the molecule is C/C=C(\C)CC/C(C)=C(\C)CC/C(C)=C(\C)C(=O)O. The molecule has 108 valence electrons. The summed E-state index contributed by atoms with van der Waals surface area (Å²) in [7, 11) is 0. The van der Waals surface area contributed by atoms with Crippen LogP contribution in [0.3, 0.4) is 0 Å². The van der Waals surface area contributed by atoms with Crippen LogP contribution in [0.4, 0.5) is 0 Å². The van der Waals surface area contributed by atoms with Gasteiger partial charge in [0.05, 0.1) is 0 Å². The Morgan fingerprint density at radius 1 is 0.842 bits per heavy atom. The van der Waals surface area contributed by atoms with E-state index in [9.17, 15) is 4.79 Å². The number of hydrogen-bond donors (Lipinski definition) is 1. The average Bonchev–Trinajstić information content (AvgIpc) is 2.39. The predicted molar refractivity (Wildman–Crippen MR) is 82.3 cm³/mol. The summed E-state index contributed by atoms with van der Waals surface area (Å²) in [6, 6.07) is 0. The molecule has 0 aliphatic rings. The maximum atomic E-state index is 10.9. The lowest BCUT2D eigenvalue weighted by Gasteiger charge is -2.09. The van der Waals surface area contributed by atoms with Crippen LogP contribution in [0.2, 0.25) is 0 Å². The molecule has 0 heterocycles. The van der Waals surface area contributed by atoms with Crippen LogP contribution in [0, 0.1) is 0 Å². The number of rotatable bonds is 7. The molecule has 0 aliphatic heterocycles. The second kappa shape index (κ2) is 8.73. The minimum Gasteiger partial charge on any atom is -0.478 e. The highest BCUT2D eigenvalue weighted by Gasteiger charge is 2.06. The van der Waals surface area contributed by atoms with Gasteiger partial charge in [-0.2, -0.15) is 0 Å². The topological polar surface area (TPSA) is 37.3 Å². The highest BCUT2D eigenvalue weighted by Crippen LogP contribution is 2.20. The molecule has 0 radical (unpaired) electrons. The molecule has 1 N–H and O–H groups in total. The van der Waals surface area contributed by atoms with Crippen LogP contribution in [-0.4, -0.2) is 11.1 Å². The monoisotopic (exact) mass is 264 g/mol. The summed E-state index contributed by atoms with van der Waals surface area (Å²) in [4.78, 5) is 10.9. The number of allylic oxidation sites excluding steroid dienone is 5. The minimum atomic E-state index is -0.806. The first-order valence-electron chi connectivity index (χ1n) is 6.96. The van der Waals surface area contributed by atoms with E-state index in [0.717, 1.165) is 31.3 Å². The molecule has 0 rings (SSSR count). The lowest BCUT2D eigenvalue weighted by atomic mass is 9.97. The Balaban J connectivity index is 4.48. The number of hydrogen-bond acceptors (Lipinski definition) is 1. The van der Waals surface area contributed by atoms with Crippen LogP contribution >= 0.6 is 0 Å². The van der Waals surface area contributed by atoms with Crippen molar-refractivity contribution in [2.75, 3.05) is 0 Å². The molecule has 0 amide bonds. The fraction of sp³-hybridized carbons (Fsp3) is 0.588. The first-order chi connectivity index (χ1) is 8.79. The van der Waals surface area contributed by atoms with Crippen molar-refractivity contribution in [2.24, 2.45) is 0 Å². The standard InChI is InChI=1S/C17H28O2/c1-7-12(2)8-9-13(3)14(4)10-11-15(5)16(6)17(18)19/h7H,8-11H2,1-6H3,(H,18,19)/b12-7+,14-13+,16-15+. The van der Waals surface area contributed by atoms with Crippen molar-refractivity contribution in [2.45, 2.75) is 67.2 Å². The smallest absolute Gasteiger partial charge is 0.331 e. The number of carbonyl (C=O) groups is 1. The molecule has 19 heavy (non-hydrogen) atoms. The van der Waals surface area contributed by atoms with E-state index in [1.165, 1.54) is 16.7 Å². The van der Waals surface area contributed by atoms with Gasteiger partial charge < -0.3 is 5.11 Å². The lowest BCUT2D eigenvalue weighted by Crippen LogP contribution is -2.00. The zero-order valence-electron chi connectivity index (χ0n) is 13.3. The maximum Gasteiger partial charge on any atom is 0.331 e. The predicted octanol–water partition coefficient (Wildman–Crippen LogP) is 5.27. The molecule has 0 bridgehead atoms. The zero-order valence-corrected chi connectivity index (χ0v) is 13.3. The number of carboxylic acid groups (broad SMARTS) is 1. The summed E-state index contributed by atoms with van der Waals surface area (Å²) in [6.45, 7) is 12.2. The normalized spacial score (nSPS) is 14.9. The highest BCUT2D eigenvalue weighted by atomic mass is 16.4. The van der Waals surface area contributed by atoms with E-state index < -0.39 is 5.97 Å². The Labute approximate surface area is 117 Å². The van der Waals surface area contributed by atoms with E-state index in [1.807, 2.05) is 6.92 Å². The third kappa shape index (κ3) is 7.00. The molecule has 0 aromatic carbocycles. The number of carboxylic acids is 1. The largest absolute Gasteiger partial charge is 0.478 e. The molecule has 2 nitrogen and oxygen atoms in total. The van der Waals surface area contributed by atoms with Crippen molar-refractivity contribution in [3.63, 3.8) is 0 Å². The minimum absolute atomic E-state index is 0.482. The van der Waals surface area contributed by atoms with Crippen molar-refractivity contribution in [1.82, 2.24) is 0 Å². The second-order valence-electron chi connectivity index (χ2n) is 5.41. The summed E-state index contributed by atoms with van der Waals surface area (Å²) in [5.74, 6) is -0.806. The van der Waals surface area contributed by atoms with Crippen LogP contribution in [0.25, 0.3) is 0 Å². The van der Waals surface area contributed by atoms with Crippen molar-refractivity contribution in [3.05, 3.63) is 33.9 Å². The van der Waals surface area contributed by atoms with E-state index in [-0.39, 0.29) is 0 Å². The van der Waals surface area contributed by atoms with Gasteiger partial charge in [-0.25, -0.2) is 4.79 Å². The van der Waals surface area contributed by atoms with E-state index in [2.05, 4.69) is 33.8 Å². The Morgan fingerprint density at radius 3 is 1.68 bits per heavy atom. The van der Waals surface area contributed by atoms with Gasteiger partial charge in [-0.15, -0.1) is 0 Å². The number of aliphatic carboxylic acids is 1. The van der Waals surface area contributed by atoms with Gasteiger partial charge in [0.25, 0.3) is 0 Å². The molecule has 0 saturated heterocycles. The molecular weight excluding hydrogens is 236 g/mol. The summed E-state index contributed by atoms with van der Waals surface area (Å²) in [5, 5.41) is 8.92. The fourth-order valence-electron chi connectivity index (χ4n) is 1.70. The average molecular weight is 264 g/mol. The van der Waals surface area contributed by atoms with E-state index in [4.69, 9.17) is 5.11 Å². The molecule has 2 heteroatoms. The Bertz CT molecular complexity index is 409. The Hall–Kier alpha value is -1.31. The maximum absolute atomic E-state index is 10.9. The van der Waals surface area contributed by atoms with E-state index in [0.29, 0.717) is 5.57 Å². The van der Waals surface area contributed by atoms with Gasteiger partial charge in [0.2, 0.25) is 0 Å². The van der Waals surface area contributed by atoms with Crippen molar-refractivity contribution >= 4 is 5.97 Å². The molecule has 0 spiro atoms. The van der Waals surface area contributed by atoms with Gasteiger partial charge in [0, 0.05) is 5.57 Å². The molecule has 0 aromatic heterocycles. The molecule has 0 unspecified atom stereocenters. The van der Waals surface area contributed by atoms with Crippen molar-refractivity contribution in [1.29, 1.82) is 0 Å². The van der Waals surface area contributed by atoms with E-state index >= 15 is 0 Å². The molecular formula is C17H28O2. The van der Waals surface area contributed by atoms with Crippen LogP contribution < -0.4 is 0 Å². The summed E-state index contributed by atoms with van der Waals surface area (Å²) < 4.78 is 0.